The highest BCUT2D eigenvalue weighted by Gasteiger charge is 2.50. The Morgan fingerprint density at radius 2 is 1.69 bits per heavy atom. The number of anilines is 4. The topological polar surface area (TPSA) is 120 Å². The highest BCUT2D eigenvalue weighted by atomic mass is 19.3. The van der Waals surface area contributed by atoms with E-state index in [9.17, 15) is 9.59 Å². The molecule has 3 N–H and O–H groups in total. The van der Waals surface area contributed by atoms with Gasteiger partial charge in [0, 0.05) is 37.3 Å². The summed E-state index contributed by atoms with van der Waals surface area (Å²) in [5.41, 5.74) is 9.60. The van der Waals surface area contributed by atoms with Crippen LogP contribution in [0.25, 0.3) is 0 Å². The summed E-state index contributed by atoms with van der Waals surface area (Å²) in [6, 6.07) is 14.1. The third kappa shape index (κ3) is 7.61. The van der Waals surface area contributed by atoms with E-state index in [1.165, 1.54) is 38.2 Å². The average Bonchev–Trinajstić information content (AvgIpc) is 3.70. The molecule has 294 valence electrons. The van der Waals surface area contributed by atoms with Gasteiger partial charge in [-0.25, -0.2) is 4.98 Å². The van der Waals surface area contributed by atoms with Crippen molar-refractivity contribution >= 4 is 35.0 Å². The number of halogens is 2. The number of hydrogen-bond acceptors (Lipinski definition) is 9. The standard InChI is InChI=1S/C42H54F2N8O3/c1-49-34-24-46-40(48-38(34)52(31-10-6-7-11-31)27-42(43,44)39(49)54)47-33-13-12-32(37(45)53)35(36(33)55-2)30-22-41(23-30)16-20-51(21-17-41)26-29-14-18-50(19-15-29)25-28-8-4-3-5-9-28/h3-5,8-9,12-13,24,29-31H,6-7,10-11,14-23,25-27H2,1-2H3,(H2,45,53)(H,46,47,48). The van der Waals surface area contributed by atoms with Crippen molar-refractivity contribution in [3.8, 4) is 5.75 Å². The van der Waals surface area contributed by atoms with Gasteiger partial charge in [-0.2, -0.15) is 13.8 Å². The third-order valence-corrected chi connectivity index (χ3v) is 13.2. The molecule has 2 saturated carbocycles. The largest absolute Gasteiger partial charge is 0.494 e. The van der Waals surface area contributed by atoms with Crippen LogP contribution in [-0.2, 0) is 11.3 Å². The maximum Gasteiger partial charge on any atom is 0.342 e. The molecule has 2 aromatic carbocycles. The molecule has 4 fully saturated rings. The first kappa shape index (κ1) is 37.6. The van der Waals surface area contributed by atoms with Gasteiger partial charge in [0.25, 0.3) is 5.91 Å². The Hall–Kier alpha value is -4.36. The van der Waals surface area contributed by atoms with E-state index in [1.54, 1.807) is 24.1 Å². The van der Waals surface area contributed by atoms with Crippen molar-refractivity contribution in [3.05, 3.63) is 65.4 Å². The second-order valence-corrected chi connectivity index (χ2v) is 16.7. The Balaban J connectivity index is 0.937. The first-order chi connectivity index (χ1) is 26.5. The molecule has 2 saturated heterocycles. The molecule has 13 heteroatoms. The van der Waals surface area contributed by atoms with E-state index in [0.717, 1.165) is 100 Å². The fourth-order valence-electron chi connectivity index (χ4n) is 10.1. The van der Waals surface area contributed by atoms with Crippen molar-refractivity contribution in [2.24, 2.45) is 17.1 Å². The lowest BCUT2D eigenvalue weighted by atomic mass is 9.55. The zero-order valence-electron chi connectivity index (χ0n) is 32.1. The molecule has 55 heavy (non-hydrogen) atoms. The minimum absolute atomic E-state index is 0.104. The SMILES string of the molecule is COc1c(Nc2ncc3c(n2)N(C2CCCC2)CC(F)(F)C(=O)N3C)ccc(C(N)=O)c1C1CC2(CCN(CC3CCN(Cc4ccccc4)CC3)CC2)C1. The second kappa shape index (κ2) is 15.3. The summed E-state index contributed by atoms with van der Waals surface area (Å²) in [6.45, 7) is 5.98. The zero-order valence-corrected chi connectivity index (χ0v) is 32.1. The normalized spacial score (nSPS) is 22.4. The number of likely N-dealkylation sites (tertiary alicyclic amines) is 2. The fourth-order valence-corrected chi connectivity index (χ4v) is 10.1. The second-order valence-electron chi connectivity index (χ2n) is 16.7. The van der Waals surface area contributed by atoms with Crippen LogP contribution in [0.1, 0.15) is 91.6 Å². The van der Waals surface area contributed by atoms with Crippen molar-refractivity contribution in [2.45, 2.75) is 88.6 Å². The number of fused-ring (bicyclic) bond motifs is 1. The van der Waals surface area contributed by atoms with E-state index in [0.29, 0.717) is 22.8 Å². The van der Waals surface area contributed by atoms with Crippen LogP contribution in [0, 0.1) is 11.3 Å². The number of benzene rings is 2. The molecule has 0 bridgehead atoms. The smallest absolute Gasteiger partial charge is 0.342 e. The lowest BCUT2D eigenvalue weighted by Crippen LogP contribution is -2.48. The molecule has 0 radical (unpaired) electrons. The predicted molar refractivity (Wildman–Crippen MR) is 209 cm³/mol. The molecule has 2 amide bonds. The van der Waals surface area contributed by atoms with Gasteiger partial charge in [-0.05, 0) is 112 Å². The Labute approximate surface area is 322 Å². The third-order valence-electron chi connectivity index (χ3n) is 13.2. The van der Waals surface area contributed by atoms with Crippen molar-refractivity contribution < 1.29 is 23.1 Å². The lowest BCUT2D eigenvalue weighted by Gasteiger charge is -2.53. The number of carbonyl (C=O) groups excluding carboxylic acids is 2. The van der Waals surface area contributed by atoms with Crippen molar-refractivity contribution in [3.63, 3.8) is 0 Å². The number of rotatable bonds is 10. The molecule has 2 aliphatic carbocycles. The summed E-state index contributed by atoms with van der Waals surface area (Å²) in [6.07, 6.45) is 11.5. The fraction of sp³-hybridized carbons (Fsp3) is 0.571. The van der Waals surface area contributed by atoms with Crippen LogP contribution in [0.2, 0.25) is 0 Å². The Kier molecular flexibility index (Phi) is 10.4. The van der Waals surface area contributed by atoms with E-state index in [2.05, 4.69) is 50.4 Å². The van der Waals surface area contributed by atoms with Gasteiger partial charge >= 0.3 is 5.92 Å². The van der Waals surface area contributed by atoms with Crippen LogP contribution >= 0.6 is 0 Å². The monoisotopic (exact) mass is 756 g/mol. The highest BCUT2D eigenvalue weighted by molar-refractivity contribution is 6.02. The number of amides is 2. The van der Waals surface area contributed by atoms with Gasteiger partial charge in [0.2, 0.25) is 11.9 Å². The van der Waals surface area contributed by atoms with Crippen LogP contribution < -0.4 is 25.6 Å². The molecule has 1 aromatic heterocycles. The van der Waals surface area contributed by atoms with Crippen molar-refractivity contribution in [2.75, 3.05) is 68.5 Å². The minimum Gasteiger partial charge on any atom is -0.494 e. The number of nitrogens with zero attached hydrogens (tertiary/aromatic N) is 6. The van der Waals surface area contributed by atoms with Crippen molar-refractivity contribution in [1.29, 1.82) is 0 Å². The maximum absolute atomic E-state index is 15.1. The first-order valence-corrected chi connectivity index (χ1v) is 20.1. The van der Waals surface area contributed by atoms with E-state index in [-0.39, 0.29) is 29.0 Å². The minimum atomic E-state index is -3.56. The molecule has 5 aliphatic rings. The number of alkyl halides is 2. The van der Waals surface area contributed by atoms with Gasteiger partial charge < -0.3 is 30.5 Å². The molecule has 1 spiro atoms. The summed E-state index contributed by atoms with van der Waals surface area (Å²) in [5.74, 6) is -3.50. The summed E-state index contributed by atoms with van der Waals surface area (Å²) in [5, 5.41) is 3.27. The van der Waals surface area contributed by atoms with Crippen LogP contribution in [-0.4, -0.2) is 97.0 Å². The molecule has 0 unspecified atom stereocenters. The summed E-state index contributed by atoms with van der Waals surface area (Å²) in [4.78, 5) is 42.6. The van der Waals surface area contributed by atoms with Gasteiger partial charge in [0.15, 0.2) is 5.82 Å². The molecule has 11 nitrogen and oxygen atoms in total. The van der Waals surface area contributed by atoms with E-state index >= 15 is 8.78 Å². The zero-order chi connectivity index (χ0) is 38.3. The van der Waals surface area contributed by atoms with E-state index in [4.69, 9.17) is 15.5 Å². The molecular weight excluding hydrogens is 703 g/mol. The number of primary amides is 1. The maximum atomic E-state index is 15.1. The van der Waals surface area contributed by atoms with Gasteiger partial charge in [0.05, 0.1) is 25.5 Å². The van der Waals surface area contributed by atoms with Crippen LogP contribution in [0.15, 0.2) is 48.7 Å². The van der Waals surface area contributed by atoms with Gasteiger partial charge in [-0.1, -0.05) is 43.2 Å². The Morgan fingerprint density at radius 1 is 0.982 bits per heavy atom. The number of aromatic nitrogens is 2. The van der Waals surface area contributed by atoms with Gasteiger partial charge in [-0.15, -0.1) is 0 Å². The number of piperidine rings is 2. The number of hydrogen-bond donors (Lipinski definition) is 2. The number of nitrogens with one attached hydrogen (secondary N) is 1. The molecule has 4 heterocycles. The number of methoxy groups -OCH3 is 1. The first-order valence-electron chi connectivity index (χ1n) is 20.1. The quantitative estimate of drug-likeness (QED) is 0.237. The Bertz CT molecular complexity index is 1870. The molecule has 8 rings (SSSR count). The van der Waals surface area contributed by atoms with Crippen LogP contribution in [0.5, 0.6) is 5.75 Å². The summed E-state index contributed by atoms with van der Waals surface area (Å²) < 4.78 is 36.3. The van der Waals surface area contributed by atoms with Crippen LogP contribution in [0.3, 0.4) is 0 Å². The summed E-state index contributed by atoms with van der Waals surface area (Å²) in [7, 11) is 2.92. The van der Waals surface area contributed by atoms with Crippen molar-refractivity contribution in [1.82, 2.24) is 19.8 Å². The number of nitrogens with two attached hydrogens (primary N) is 1. The van der Waals surface area contributed by atoms with E-state index < -0.39 is 24.3 Å². The van der Waals surface area contributed by atoms with E-state index in [1.807, 2.05) is 0 Å². The highest BCUT2D eigenvalue weighted by Crippen LogP contribution is 2.59. The number of carbonyl (C=O) groups is 2. The predicted octanol–water partition coefficient (Wildman–Crippen LogP) is 6.56. The molecular formula is C42H54F2N8O3. The lowest BCUT2D eigenvalue weighted by molar-refractivity contribution is -0.140. The van der Waals surface area contributed by atoms with Gasteiger partial charge in [0.1, 0.15) is 11.4 Å². The molecule has 3 aromatic rings. The van der Waals surface area contributed by atoms with Crippen LogP contribution in [0.4, 0.5) is 31.9 Å². The average molecular weight is 757 g/mol. The van der Waals surface area contributed by atoms with Gasteiger partial charge in [-0.3, -0.25) is 14.5 Å². The summed E-state index contributed by atoms with van der Waals surface area (Å²) >= 11 is 0. The Morgan fingerprint density at radius 3 is 2.36 bits per heavy atom. The molecule has 0 atom stereocenters. The number of ether oxygens (including phenoxy) is 1. The molecule has 3 aliphatic heterocycles.